The summed E-state index contributed by atoms with van der Waals surface area (Å²) in [5.41, 5.74) is 10.4. The molecule has 0 unspecified atom stereocenters. The van der Waals surface area contributed by atoms with Crippen LogP contribution in [0.15, 0.2) is 152 Å². The van der Waals surface area contributed by atoms with E-state index in [1.54, 1.807) is 6.20 Å². The van der Waals surface area contributed by atoms with Gasteiger partial charge in [-0.3, -0.25) is 9.97 Å². The van der Waals surface area contributed by atoms with Crippen molar-refractivity contribution in [3.8, 4) is 39.3 Å². The van der Waals surface area contributed by atoms with Crippen LogP contribution in [0.1, 0.15) is 0 Å². The molecule has 0 aliphatic carbocycles. The van der Waals surface area contributed by atoms with Crippen LogP contribution in [0.3, 0.4) is 0 Å². The van der Waals surface area contributed by atoms with Gasteiger partial charge in [0.25, 0.3) is 0 Å². The SMILES string of the molecule is [Pt+2].[c-]1ccccc1-c1cc(-c2ccccc2)cc(-c2cccnc2[N-]c2cccc3c2c2ncccc2n3-c2ccccc2)n1. The number of hydrogen-bond acceptors (Lipinski definition) is 3. The second kappa shape index (κ2) is 12.3. The fourth-order valence-electron chi connectivity index (χ4n) is 5.76. The molecule has 0 spiro atoms. The molecule has 8 aromatic rings. The molecule has 0 N–H and O–H groups in total. The molecule has 0 amide bonds. The maximum atomic E-state index is 5.20. The molecule has 8 rings (SSSR count). The smallest absolute Gasteiger partial charge is 0.442 e. The largest absolute Gasteiger partial charge is 2.00 e. The topological polar surface area (TPSA) is 57.7 Å². The molecular formula is C39H25N5Pt. The van der Waals surface area contributed by atoms with Crippen LogP contribution in [0.4, 0.5) is 11.5 Å². The molecule has 0 saturated heterocycles. The van der Waals surface area contributed by atoms with Crippen molar-refractivity contribution in [2.75, 3.05) is 0 Å². The van der Waals surface area contributed by atoms with Gasteiger partial charge in [-0.2, -0.15) is 0 Å². The average molecular weight is 759 g/mol. The van der Waals surface area contributed by atoms with E-state index >= 15 is 0 Å². The van der Waals surface area contributed by atoms with Gasteiger partial charge in [0.1, 0.15) is 0 Å². The summed E-state index contributed by atoms with van der Waals surface area (Å²) in [7, 11) is 0. The van der Waals surface area contributed by atoms with Crippen molar-refractivity contribution in [3.63, 3.8) is 0 Å². The summed E-state index contributed by atoms with van der Waals surface area (Å²) in [6, 6.07) is 50.4. The Kier molecular flexibility index (Phi) is 7.77. The van der Waals surface area contributed by atoms with Crippen LogP contribution in [0.5, 0.6) is 0 Å². The molecule has 216 valence electrons. The van der Waals surface area contributed by atoms with Gasteiger partial charge < -0.3 is 14.9 Å². The molecule has 0 bridgehead atoms. The Morgan fingerprint density at radius 3 is 2.16 bits per heavy atom. The Balaban J connectivity index is 0.00000325. The van der Waals surface area contributed by atoms with Crippen molar-refractivity contribution in [2.45, 2.75) is 0 Å². The summed E-state index contributed by atoms with van der Waals surface area (Å²) in [6.07, 6.45) is 3.61. The Hall–Kier alpha value is -5.38. The molecule has 4 aromatic heterocycles. The number of fused-ring (bicyclic) bond motifs is 3. The molecule has 4 heterocycles. The summed E-state index contributed by atoms with van der Waals surface area (Å²) in [4.78, 5) is 14.7. The van der Waals surface area contributed by atoms with Crippen molar-refractivity contribution >= 4 is 33.4 Å². The van der Waals surface area contributed by atoms with Crippen molar-refractivity contribution < 1.29 is 21.1 Å². The van der Waals surface area contributed by atoms with Crippen molar-refractivity contribution in [2.24, 2.45) is 0 Å². The van der Waals surface area contributed by atoms with E-state index in [1.165, 1.54) is 0 Å². The third-order valence-electron chi connectivity index (χ3n) is 7.75. The minimum Gasteiger partial charge on any atom is -0.442 e. The summed E-state index contributed by atoms with van der Waals surface area (Å²) in [6.45, 7) is 0. The van der Waals surface area contributed by atoms with Crippen LogP contribution >= 0.6 is 0 Å². The molecule has 45 heavy (non-hydrogen) atoms. The Morgan fingerprint density at radius 2 is 1.33 bits per heavy atom. The summed E-state index contributed by atoms with van der Waals surface area (Å²) in [5.74, 6) is 0.595. The van der Waals surface area contributed by atoms with E-state index in [0.29, 0.717) is 5.82 Å². The zero-order valence-corrected chi connectivity index (χ0v) is 26.3. The van der Waals surface area contributed by atoms with E-state index in [4.69, 9.17) is 20.3 Å². The molecule has 0 aliphatic heterocycles. The van der Waals surface area contributed by atoms with E-state index in [1.807, 2.05) is 72.9 Å². The number of rotatable bonds is 6. The van der Waals surface area contributed by atoms with Crippen LogP contribution in [-0.4, -0.2) is 19.5 Å². The Bertz CT molecular complexity index is 2190. The van der Waals surface area contributed by atoms with Gasteiger partial charge in [0, 0.05) is 17.3 Å². The van der Waals surface area contributed by atoms with Crippen LogP contribution in [0.25, 0.3) is 66.6 Å². The first-order valence-electron chi connectivity index (χ1n) is 14.5. The van der Waals surface area contributed by atoms with Gasteiger partial charge in [-0.15, -0.1) is 35.9 Å². The summed E-state index contributed by atoms with van der Waals surface area (Å²) >= 11 is 0. The number of nitrogens with zero attached hydrogens (tertiary/aromatic N) is 5. The molecule has 0 radical (unpaired) electrons. The minimum atomic E-state index is 0. The van der Waals surface area contributed by atoms with Crippen LogP contribution in [-0.2, 0) is 21.1 Å². The fraction of sp³-hybridized carbons (Fsp3) is 0. The zero-order valence-electron chi connectivity index (χ0n) is 24.0. The quantitative estimate of drug-likeness (QED) is 0.159. The van der Waals surface area contributed by atoms with Crippen LogP contribution < -0.4 is 0 Å². The molecule has 4 aromatic carbocycles. The van der Waals surface area contributed by atoms with E-state index < -0.39 is 0 Å². The standard InChI is InChI=1S/C39H25N5.Pt/c1-4-13-27(14-5-1)29-25-33(28-15-6-2-7-16-28)42-34(26-29)31-19-11-24-41-39(31)43-32-20-10-21-35-37(32)38-36(22-12-23-40-38)44(35)30-17-8-3-9-18-30;/h1-15,17-26H;/q-2;+2. The third kappa shape index (κ3) is 5.32. The van der Waals surface area contributed by atoms with Gasteiger partial charge in [-0.25, -0.2) is 0 Å². The second-order valence-electron chi connectivity index (χ2n) is 10.5. The maximum absolute atomic E-state index is 5.20. The molecule has 5 nitrogen and oxygen atoms in total. The van der Waals surface area contributed by atoms with Gasteiger partial charge in [-0.1, -0.05) is 85.1 Å². The van der Waals surface area contributed by atoms with Gasteiger partial charge >= 0.3 is 21.1 Å². The molecule has 0 aliphatic rings. The number of aromatic nitrogens is 4. The first kappa shape index (κ1) is 28.4. The Labute approximate surface area is 275 Å². The van der Waals surface area contributed by atoms with Gasteiger partial charge in [-0.05, 0) is 70.3 Å². The van der Waals surface area contributed by atoms with Crippen molar-refractivity contribution in [1.82, 2.24) is 19.5 Å². The average Bonchev–Trinajstić information content (AvgIpc) is 3.45. The number of pyridine rings is 3. The Morgan fingerprint density at radius 1 is 0.600 bits per heavy atom. The predicted molar refractivity (Wildman–Crippen MR) is 178 cm³/mol. The van der Waals surface area contributed by atoms with E-state index in [-0.39, 0.29) is 21.1 Å². The maximum Gasteiger partial charge on any atom is 2.00 e. The third-order valence-corrected chi connectivity index (χ3v) is 7.75. The van der Waals surface area contributed by atoms with Crippen molar-refractivity contribution in [3.05, 3.63) is 163 Å². The number of para-hydroxylation sites is 1. The summed E-state index contributed by atoms with van der Waals surface area (Å²) < 4.78 is 2.24. The van der Waals surface area contributed by atoms with E-state index in [2.05, 4.69) is 83.4 Å². The van der Waals surface area contributed by atoms with Gasteiger partial charge in [0.2, 0.25) is 0 Å². The van der Waals surface area contributed by atoms with Crippen molar-refractivity contribution in [1.29, 1.82) is 0 Å². The fourth-order valence-corrected chi connectivity index (χ4v) is 5.76. The normalized spacial score (nSPS) is 10.9. The monoisotopic (exact) mass is 758 g/mol. The molecule has 0 saturated carbocycles. The second-order valence-corrected chi connectivity index (χ2v) is 10.5. The van der Waals surface area contributed by atoms with E-state index in [9.17, 15) is 0 Å². The van der Waals surface area contributed by atoms with E-state index in [0.717, 1.165) is 67.0 Å². The minimum absolute atomic E-state index is 0. The first-order valence-corrected chi connectivity index (χ1v) is 14.5. The number of hydrogen-bond donors (Lipinski definition) is 0. The summed E-state index contributed by atoms with van der Waals surface area (Å²) in [5, 5.41) is 6.18. The van der Waals surface area contributed by atoms with Gasteiger partial charge in [0.15, 0.2) is 0 Å². The zero-order chi connectivity index (χ0) is 29.3. The van der Waals surface area contributed by atoms with Crippen LogP contribution in [0, 0.1) is 6.07 Å². The predicted octanol–water partition coefficient (Wildman–Crippen LogP) is 10.1. The van der Waals surface area contributed by atoms with Gasteiger partial charge in [0.05, 0.1) is 22.2 Å². The van der Waals surface area contributed by atoms with Crippen LogP contribution in [0.2, 0.25) is 0 Å². The first-order chi connectivity index (χ1) is 21.8. The molecular weight excluding hydrogens is 734 g/mol. The number of benzene rings is 4. The molecule has 0 atom stereocenters. The molecule has 6 heteroatoms. The molecule has 0 fully saturated rings.